The van der Waals surface area contributed by atoms with Gasteiger partial charge < -0.3 is 19.1 Å². The van der Waals surface area contributed by atoms with Gasteiger partial charge in [-0.1, -0.05) is 35.5 Å². The summed E-state index contributed by atoms with van der Waals surface area (Å²) in [5.41, 5.74) is 1.14. The number of hydrogen-bond acceptors (Lipinski definition) is 7. The first-order valence-electron chi connectivity index (χ1n) is 9.60. The molecule has 1 heterocycles. The van der Waals surface area contributed by atoms with E-state index in [9.17, 15) is 9.59 Å². The summed E-state index contributed by atoms with van der Waals surface area (Å²) in [5, 5.41) is 8.00. The van der Waals surface area contributed by atoms with Gasteiger partial charge in [-0.2, -0.15) is 0 Å². The molecule has 0 aliphatic carbocycles. The second kappa shape index (κ2) is 11.9. The molecular formula is C20H28N4O5. The fourth-order valence-electron chi connectivity index (χ4n) is 2.71. The van der Waals surface area contributed by atoms with Gasteiger partial charge in [0.25, 0.3) is 5.91 Å². The van der Waals surface area contributed by atoms with Crippen LogP contribution in [0.1, 0.15) is 36.3 Å². The van der Waals surface area contributed by atoms with Crippen molar-refractivity contribution < 1.29 is 23.8 Å². The molecule has 0 bridgehead atoms. The zero-order chi connectivity index (χ0) is 21.1. The number of carbonyl (C=O) groups excluding carboxylic acids is 2. The van der Waals surface area contributed by atoms with Gasteiger partial charge in [-0.3, -0.25) is 9.59 Å². The molecule has 1 aromatic heterocycles. The van der Waals surface area contributed by atoms with Crippen LogP contribution in [0.15, 0.2) is 36.5 Å². The third kappa shape index (κ3) is 7.28. The summed E-state index contributed by atoms with van der Waals surface area (Å²) >= 11 is 0. The molecule has 9 heteroatoms. The quantitative estimate of drug-likeness (QED) is 0.394. The van der Waals surface area contributed by atoms with Gasteiger partial charge in [-0.05, 0) is 19.4 Å². The normalized spacial score (nSPS) is 10.9. The summed E-state index contributed by atoms with van der Waals surface area (Å²) in [6.07, 6.45) is 1.19. The van der Waals surface area contributed by atoms with Crippen LogP contribution in [0.25, 0.3) is 0 Å². The van der Waals surface area contributed by atoms with Crippen LogP contribution in [0.3, 0.4) is 0 Å². The SMILES string of the molecule is CCOC(Cn1cc(C(=O)N(CCC(=O)OC)Cc2ccccc2)nn1)OCC. The highest BCUT2D eigenvalue weighted by molar-refractivity contribution is 5.92. The Morgan fingerprint density at radius 1 is 1.14 bits per heavy atom. The number of nitrogens with zero attached hydrogens (tertiary/aromatic N) is 4. The zero-order valence-corrected chi connectivity index (χ0v) is 17.1. The molecular weight excluding hydrogens is 376 g/mol. The Hall–Kier alpha value is -2.78. The van der Waals surface area contributed by atoms with Crippen LogP contribution in [0.5, 0.6) is 0 Å². The summed E-state index contributed by atoms with van der Waals surface area (Å²) in [6, 6.07) is 9.54. The lowest BCUT2D eigenvalue weighted by atomic mass is 10.2. The molecule has 0 atom stereocenters. The number of ether oxygens (including phenoxy) is 3. The highest BCUT2D eigenvalue weighted by Gasteiger charge is 2.21. The summed E-state index contributed by atoms with van der Waals surface area (Å²) in [5.74, 6) is -0.691. The number of aromatic nitrogens is 3. The standard InChI is InChI=1S/C20H28N4O5/c1-4-28-19(29-5-2)15-24-14-17(21-22-24)20(26)23(12-11-18(25)27-3)13-16-9-7-6-8-10-16/h6-10,14,19H,4-5,11-13,15H2,1-3H3. The van der Waals surface area contributed by atoms with Gasteiger partial charge in [-0.15, -0.1) is 5.10 Å². The lowest BCUT2D eigenvalue weighted by Gasteiger charge is -2.21. The van der Waals surface area contributed by atoms with Crippen LogP contribution in [0.4, 0.5) is 0 Å². The maximum Gasteiger partial charge on any atom is 0.307 e. The van der Waals surface area contributed by atoms with Crippen molar-refractivity contribution in [1.82, 2.24) is 19.9 Å². The van der Waals surface area contributed by atoms with Crippen molar-refractivity contribution in [3.8, 4) is 0 Å². The molecule has 0 unspecified atom stereocenters. The fraction of sp³-hybridized carbons (Fsp3) is 0.500. The Balaban J connectivity index is 2.10. The van der Waals surface area contributed by atoms with Gasteiger partial charge in [0.15, 0.2) is 12.0 Å². The van der Waals surface area contributed by atoms with Crippen molar-refractivity contribution in [3.63, 3.8) is 0 Å². The summed E-state index contributed by atoms with van der Waals surface area (Å²) in [6.45, 7) is 5.66. The maximum absolute atomic E-state index is 13.0. The lowest BCUT2D eigenvalue weighted by molar-refractivity contribution is -0.145. The molecule has 0 fully saturated rings. The van der Waals surface area contributed by atoms with E-state index in [1.165, 1.54) is 11.8 Å². The molecule has 158 valence electrons. The minimum absolute atomic E-state index is 0.0972. The van der Waals surface area contributed by atoms with E-state index in [0.29, 0.717) is 26.3 Å². The maximum atomic E-state index is 13.0. The molecule has 0 aliphatic rings. The van der Waals surface area contributed by atoms with Crippen LogP contribution in [-0.4, -0.2) is 64.9 Å². The topological polar surface area (TPSA) is 95.8 Å². The highest BCUT2D eigenvalue weighted by atomic mass is 16.7. The van der Waals surface area contributed by atoms with Crippen LogP contribution in [0.2, 0.25) is 0 Å². The van der Waals surface area contributed by atoms with E-state index in [-0.39, 0.29) is 30.5 Å². The molecule has 2 aromatic rings. The number of esters is 1. The summed E-state index contributed by atoms with van der Waals surface area (Å²) in [7, 11) is 1.32. The van der Waals surface area contributed by atoms with Crippen molar-refractivity contribution >= 4 is 11.9 Å². The Kier molecular flexibility index (Phi) is 9.26. The molecule has 0 aliphatic heterocycles. The number of carbonyl (C=O) groups is 2. The predicted octanol–water partition coefficient (Wildman–Crippen LogP) is 1.88. The molecule has 2 rings (SSSR count). The first kappa shape index (κ1) is 22.5. The number of benzene rings is 1. The zero-order valence-electron chi connectivity index (χ0n) is 17.1. The molecule has 0 N–H and O–H groups in total. The molecule has 0 saturated heterocycles. The smallest absolute Gasteiger partial charge is 0.307 e. The van der Waals surface area contributed by atoms with Gasteiger partial charge in [0.2, 0.25) is 0 Å². The van der Waals surface area contributed by atoms with Gasteiger partial charge in [-0.25, -0.2) is 4.68 Å². The molecule has 9 nitrogen and oxygen atoms in total. The number of methoxy groups -OCH3 is 1. The molecule has 0 radical (unpaired) electrons. The second-order valence-corrected chi connectivity index (χ2v) is 6.20. The Bertz CT molecular complexity index is 759. The third-order valence-electron chi connectivity index (χ3n) is 4.12. The van der Waals surface area contributed by atoms with Crippen LogP contribution < -0.4 is 0 Å². The van der Waals surface area contributed by atoms with E-state index in [1.807, 2.05) is 44.2 Å². The average molecular weight is 404 g/mol. The van der Waals surface area contributed by atoms with Gasteiger partial charge in [0, 0.05) is 26.3 Å². The largest absolute Gasteiger partial charge is 0.469 e. The van der Waals surface area contributed by atoms with E-state index in [2.05, 4.69) is 10.3 Å². The first-order valence-corrected chi connectivity index (χ1v) is 9.60. The minimum Gasteiger partial charge on any atom is -0.469 e. The Morgan fingerprint density at radius 3 is 2.45 bits per heavy atom. The minimum atomic E-state index is -0.464. The van der Waals surface area contributed by atoms with Crippen LogP contribution in [-0.2, 0) is 32.1 Å². The van der Waals surface area contributed by atoms with Crippen molar-refractivity contribution in [2.24, 2.45) is 0 Å². The van der Waals surface area contributed by atoms with E-state index < -0.39 is 6.29 Å². The van der Waals surface area contributed by atoms with Gasteiger partial charge in [0.05, 0.1) is 26.3 Å². The second-order valence-electron chi connectivity index (χ2n) is 6.20. The molecule has 0 spiro atoms. The molecule has 0 saturated carbocycles. The highest BCUT2D eigenvalue weighted by Crippen LogP contribution is 2.10. The first-order chi connectivity index (χ1) is 14.1. The molecule has 1 aromatic carbocycles. The number of amides is 1. The third-order valence-corrected chi connectivity index (χ3v) is 4.12. The summed E-state index contributed by atoms with van der Waals surface area (Å²) < 4.78 is 17.2. The Morgan fingerprint density at radius 2 is 1.83 bits per heavy atom. The van der Waals surface area contributed by atoms with E-state index >= 15 is 0 Å². The Labute approximate surface area is 170 Å². The van der Waals surface area contributed by atoms with E-state index in [1.54, 1.807) is 11.1 Å². The number of hydrogen-bond donors (Lipinski definition) is 0. The van der Waals surface area contributed by atoms with Crippen molar-refractivity contribution in [2.75, 3.05) is 26.9 Å². The van der Waals surface area contributed by atoms with Gasteiger partial charge >= 0.3 is 5.97 Å². The molecule has 1 amide bonds. The summed E-state index contributed by atoms with van der Waals surface area (Å²) in [4.78, 5) is 26.1. The molecule has 29 heavy (non-hydrogen) atoms. The van der Waals surface area contributed by atoms with E-state index in [4.69, 9.17) is 14.2 Å². The predicted molar refractivity (Wildman–Crippen MR) is 105 cm³/mol. The van der Waals surface area contributed by atoms with Crippen molar-refractivity contribution in [2.45, 2.75) is 39.6 Å². The number of rotatable bonds is 12. The lowest BCUT2D eigenvalue weighted by Crippen LogP contribution is -2.33. The van der Waals surface area contributed by atoms with Crippen LogP contribution >= 0.6 is 0 Å². The van der Waals surface area contributed by atoms with Crippen LogP contribution in [0, 0.1) is 0 Å². The average Bonchev–Trinajstić information content (AvgIpc) is 3.20. The monoisotopic (exact) mass is 404 g/mol. The fourth-order valence-corrected chi connectivity index (χ4v) is 2.71. The van der Waals surface area contributed by atoms with Crippen molar-refractivity contribution in [1.29, 1.82) is 0 Å². The van der Waals surface area contributed by atoms with Crippen molar-refractivity contribution in [3.05, 3.63) is 47.8 Å². The van der Waals surface area contributed by atoms with E-state index in [0.717, 1.165) is 5.56 Å². The van der Waals surface area contributed by atoms with Gasteiger partial charge in [0.1, 0.15) is 0 Å².